The monoisotopic (exact) mass is 360 g/mol. The normalized spacial score (nSPS) is 10.4. The van der Waals surface area contributed by atoms with E-state index in [4.69, 9.17) is 16.3 Å². The second-order valence-corrected chi connectivity index (χ2v) is 6.35. The van der Waals surface area contributed by atoms with Crippen molar-refractivity contribution in [2.45, 2.75) is 27.7 Å². The number of halogens is 1. The molecule has 134 valence electrons. The molecular weight excluding hydrogens is 336 g/mol. The van der Waals surface area contributed by atoms with Crippen LogP contribution in [0.2, 0.25) is 5.02 Å². The van der Waals surface area contributed by atoms with Crippen LogP contribution in [0.15, 0.2) is 36.4 Å². The van der Waals surface area contributed by atoms with Gasteiger partial charge in [-0.1, -0.05) is 11.6 Å². The fourth-order valence-electron chi connectivity index (χ4n) is 2.68. The van der Waals surface area contributed by atoms with Gasteiger partial charge in [-0.15, -0.1) is 0 Å². The van der Waals surface area contributed by atoms with Crippen LogP contribution in [-0.2, 0) is 4.79 Å². The van der Waals surface area contributed by atoms with Gasteiger partial charge in [-0.05, 0) is 75.2 Å². The Morgan fingerprint density at radius 2 is 1.80 bits per heavy atom. The molecule has 0 aromatic heterocycles. The Labute approximate surface area is 154 Å². The molecule has 0 radical (unpaired) electrons. The first-order valence-electron chi connectivity index (χ1n) is 8.49. The standard InChI is InChI=1S/C20H25ClN2O2/c1-5-23(6-2)17-8-9-18(14(3)12-17)22-20(24)13-25-19-10-7-16(21)11-15(19)4/h7-12H,5-6,13H2,1-4H3,(H,22,24). The minimum absolute atomic E-state index is 0.0420. The number of anilines is 2. The van der Waals surface area contributed by atoms with Gasteiger partial charge in [0.25, 0.3) is 5.91 Å². The van der Waals surface area contributed by atoms with Crippen LogP contribution in [0.1, 0.15) is 25.0 Å². The zero-order valence-corrected chi connectivity index (χ0v) is 16.0. The van der Waals surface area contributed by atoms with Gasteiger partial charge in [-0.2, -0.15) is 0 Å². The summed E-state index contributed by atoms with van der Waals surface area (Å²) in [5.41, 5.74) is 3.89. The molecule has 1 N–H and O–H groups in total. The molecule has 0 bridgehead atoms. The van der Waals surface area contributed by atoms with E-state index in [1.807, 2.05) is 32.0 Å². The second kappa shape index (κ2) is 8.77. The first-order chi connectivity index (χ1) is 11.9. The molecule has 25 heavy (non-hydrogen) atoms. The summed E-state index contributed by atoms with van der Waals surface area (Å²) in [6, 6.07) is 11.4. The summed E-state index contributed by atoms with van der Waals surface area (Å²) in [4.78, 5) is 14.4. The summed E-state index contributed by atoms with van der Waals surface area (Å²) in [7, 11) is 0. The minimum atomic E-state index is -0.187. The van der Waals surface area contributed by atoms with Crippen molar-refractivity contribution >= 4 is 28.9 Å². The molecule has 0 heterocycles. The van der Waals surface area contributed by atoms with Crippen LogP contribution < -0.4 is 15.0 Å². The zero-order valence-electron chi connectivity index (χ0n) is 15.2. The second-order valence-electron chi connectivity index (χ2n) is 5.92. The van der Waals surface area contributed by atoms with Crippen LogP contribution in [0.5, 0.6) is 5.75 Å². The zero-order chi connectivity index (χ0) is 18.4. The predicted molar refractivity (Wildman–Crippen MR) is 105 cm³/mol. The van der Waals surface area contributed by atoms with Gasteiger partial charge in [0.1, 0.15) is 5.75 Å². The van der Waals surface area contributed by atoms with Crippen molar-refractivity contribution in [3.63, 3.8) is 0 Å². The molecule has 0 unspecified atom stereocenters. The largest absolute Gasteiger partial charge is 0.483 e. The fourth-order valence-corrected chi connectivity index (χ4v) is 2.90. The number of amides is 1. The van der Waals surface area contributed by atoms with Gasteiger partial charge in [0, 0.05) is 29.5 Å². The number of carbonyl (C=O) groups excluding carboxylic acids is 1. The summed E-state index contributed by atoms with van der Waals surface area (Å²) in [6.45, 7) is 10.0. The molecule has 0 aliphatic carbocycles. The topological polar surface area (TPSA) is 41.6 Å². The van der Waals surface area contributed by atoms with E-state index in [0.29, 0.717) is 10.8 Å². The first-order valence-corrected chi connectivity index (χ1v) is 8.86. The maximum atomic E-state index is 12.2. The molecule has 1 amide bonds. The Balaban J connectivity index is 1.98. The highest BCUT2D eigenvalue weighted by Gasteiger charge is 2.09. The lowest BCUT2D eigenvalue weighted by molar-refractivity contribution is -0.118. The van der Waals surface area contributed by atoms with Crippen molar-refractivity contribution in [2.24, 2.45) is 0 Å². The molecular formula is C20H25ClN2O2. The van der Waals surface area contributed by atoms with Crippen molar-refractivity contribution in [3.8, 4) is 5.75 Å². The van der Waals surface area contributed by atoms with Gasteiger partial charge in [0.2, 0.25) is 0 Å². The number of nitrogens with one attached hydrogen (secondary N) is 1. The lowest BCUT2D eigenvalue weighted by atomic mass is 10.1. The highest BCUT2D eigenvalue weighted by molar-refractivity contribution is 6.30. The van der Waals surface area contributed by atoms with E-state index in [0.717, 1.165) is 35.6 Å². The first kappa shape index (κ1) is 19.1. The minimum Gasteiger partial charge on any atom is -0.483 e. The molecule has 0 saturated carbocycles. The van der Waals surface area contributed by atoms with Crippen LogP contribution >= 0.6 is 11.6 Å². The summed E-state index contributed by atoms with van der Waals surface area (Å²) >= 11 is 5.92. The lowest BCUT2D eigenvalue weighted by Gasteiger charge is -2.22. The van der Waals surface area contributed by atoms with Crippen molar-refractivity contribution in [3.05, 3.63) is 52.5 Å². The third-order valence-electron chi connectivity index (χ3n) is 4.11. The van der Waals surface area contributed by atoms with Crippen LogP contribution in [-0.4, -0.2) is 25.6 Å². The van der Waals surface area contributed by atoms with Crippen LogP contribution in [0.25, 0.3) is 0 Å². The SMILES string of the molecule is CCN(CC)c1ccc(NC(=O)COc2ccc(Cl)cc2C)c(C)c1. The molecule has 0 aliphatic rings. The van der Waals surface area contributed by atoms with Gasteiger partial charge in [-0.25, -0.2) is 0 Å². The van der Waals surface area contributed by atoms with Crippen LogP contribution in [0.3, 0.4) is 0 Å². The van der Waals surface area contributed by atoms with Crippen molar-refractivity contribution < 1.29 is 9.53 Å². The Hall–Kier alpha value is -2.20. The number of aryl methyl sites for hydroxylation is 2. The molecule has 0 atom stereocenters. The van der Waals surface area contributed by atoms with Gasteiger partial charge in [-0.3, -0.25) is 4.79 Å². The van der Waals surface area contributed by atoms with E-state index in [1.165, 1.54) is 0 Å². The number of hydrogen-bond donors (Lipinski definition) is 1. The summed E-state index contributed by atoms with van der Waals surface area (Å²) in [5.74, 6) is 0.473. The quantitative estimate of drug-likeness (QED) is 0.769. The van der Waals surface area contributed by atoms with E-state index in [1.54, 1.807) is 12.1 Å². The average molecular weight is 361 g/mol. The molecule has 2 rings (SSSR count). The molecule has 0 spiro atoms. The van der Waals surface area contributed by atoms with E-state index >= 15 is 0 Å². The fraction of sp³-hybridized carbons (Fsp3) is 0.350. The number of nitrogens with zero attached hydrogens (tertiary/aromatic N) is 1. The lowest BCUT2D eigenvalue weighted by Crippen LogP contribution is -2.23. The smallest absolute Gasteiger partial charge is 0.262 e. The van der Waals surface area contributed by atoms with E-state index in [-0.39, 0.29) is 12.5 Å². The molecule has 0 fully saturated rings. The summed E-state index contributed by atoms with van der Waals surface area (Å²) in [5, 5.41) is 3.56. The Morgan fingerprint density at radius 3 is 2.40 bits per heavy atom. The molecule has 2 aromatic rings. The molecule has 0 aliphatic heterocycles. The highest BCUT2D eigenvalue weighted by Crippen LogP contribution is 2.24. The van der Waals surface area contributed by atoms with Crippen molar-refractivity contribution in [2.75, 3.05) is 29.9 Å². The Morgan fingerprint density at radius 1 is 1.08 bits per heavy atom. The summed E-state index contributed by atoms with van der Waals surface area (Å²) < 4.78 is 5.58. The molecule has 5 heteroatoms. The average Bonchev–Trinajstić information content (AvgIpc) is 2.57. The van der Waals surface area contributed by atoms with Crippen molar-refractivity contribution in [1.29, 1.82) is 0 Å². The number of rotatable bonds is 7. The molecule has 2 aromatic carbocycles. The molecule has 4 nitrogen and oxygen atoms in total. The maximum Gasteiger partial charge on any atom is 0.262 e. The van der Waals surface area contributed by atoms with Crippen LogP contribution in [0, 0.1) is 13.8 Å². The van der Waals surface area contributed by atoms with Gasteiger partial charge in [0.15, 0.2) is 6.61 Å². The third kappa shape index (κ3) is 5.13. The molecule has 0 saturated heterocycles. The van der Waals surface area contributed by atoms with Crippen LogP contribution in [0.4, 0.5) is 11.4 Å². The maximum absolute atomic E-state index is 12.2. The predicted octanol–water partition coefficient (Wildman–Crippen LogP) is 4.82. The Bertz CT molecular complexity index is 742. The van der Waals surface area contributed by atoms with Gasteiger partial charge in [0.05, 0.1) is 0 Å². The number of carbonyl (C=O) groups is 1. The van der Waals surface area contributed by atoms with E-state index in [9.17, 15) is 4.79 Å². The third-order valence-corrected chi connectivity index (χ3v) is 4.34. The van der Waals surface area contributed by atoms with Gasteiger partial charge >= 0.3 is 0 Å². The Kier molecular flexibility index (Phi) is 6.71. The van der Waals surface area contributed by atoms with Crippen molar-refractivity contribution in [1.82, 2.24) is 0 Å². The number of hydrogen-bond acceptors (Lipinski definition) is 3. The number of benzene rings is 2. The van der Waals surface area contributed by atoms with E-state index in [2.05, 4.69) is 30.1 Å². The number of ether oxygens (including phenoxy) is 1. The summed E-state index contributed by atoms with van der Waals surface area (Å²) in [6.07, 6.45) is 0. The van der Waals surface area contributed by atoms with E-state index < -0.39 is 0 Å². The highest BCUT2D eigenvalue weighted by atomic mass is 35.5. The van der Waals surface area contributed by atoms with Gasteiger partial charge < -0.3 is 15.0 Å².